The zero-order valence-corrected chi connectivity index (χ0v) is 14.2. The number of halogens is 6. The Morgan fingerprint density at radius 2 is 1.72 bits per heavy atom. The molecule has 29 heavy (non-hydrogen) atoms. The molecule has 11 heteroatoms. The van der Waals surface area contributed by atoms with E-state index in [0.717, 1.165) is 40.9 Å². The van der Waals surface area contributed by atoms with Crippen molar-refractivity contribution in [3.05, 3.63) is 70.1 Å². The molecule has 0 atom stereocenters. The average molecular weight is 413 g/mol. The summed E-state index contributed by atoms with van der Waals surface area (Å²) in [5.74, 6) is -0.227. The van der Waals surface area contributed by atoms with Crippen molar-refractivity contribution in [2.45, 2.75) is 12.4 Å². The van der Waals surface area contributed by atoms with E-state index in [9.17, 15) is 31.1 Å². The highest BCUT2D eigenvalue weighted by atomic mass is 19.4. The smallest absolute Gasteiger partial charge is 0.434 e. The molecule has 0 radical (unpaired) electrons. The zero-order valence-electron chi connectivity index (χ0n) is 14.2. The van der Waals surface area contributed by atoms with Gasteiger partial charge in [-0.3, -0.25) is 9.20 Å². The Bertz CT molecular complexity index is 1160. The van der Waals surface area contributed by atoms with Gasteiger partial charge in [0, 0.05) is 6.20 Å². The van der Waals surface area contributed by atoms with E-state index in [1.54, 1.807) is 0 Å². The van der Waals surface area contributed by atoms with Gasteiger partial charge in [-0.15, -0.1) is 0 Å². The number of nitrogens with zero attached hydrogens (tertiary/aromatic N) is 3. The van der Waals surface area contributed by atoms with Gasteiger partial charge < -0.3 is 4.74 Å². The molecule has 0 amide bonds. The monoisotopic (exact) mass is 413 g/mol. The topological polar surface area (TPSA) is 48.0 Å². The molecule has 0 aliphatic carbocycles. The van der Waals surface area contributed by atoms with Gasteiger partial charge in [0.2, 0.25) is 0 Å². The first-order chi connectivity index (χ1) is 13.5. The van der Waals surface area contributed by atoms with Crippen molar-refractivity contribution >= 4 is 11.3 Å². The Kier molecular flexibility index (Phi) is 4.96. The lowest BCUT2D eigenvalue weighted by molar-refractivity contribution is -0.153. The molecule has 0 fully saturated rings. The fraction of sp³-hybridized carbons (Fsp3) is 0.167. The van der Waals surface area contributed by atoms with Crippen LogP contribution in [0.25, 0.3) is 21.6 Å². The number of aromatic nitrogens is 2. The molecule has 2 heterocycles. The maximum Gasteiger partial charge on any atom is 0.434 e. The lowest BCUT2D eigenvalue weighted by Crippen LogP contribution is -2.24. The van der Waals surface area contributed by atoms with Crippen LogP contribution in [0.15, 0.2) is 47.4 Å². The standard InChI is InChI=1S/C18H9F6N3O2/c1-25-11-6-7-27-13(8-11)26-15(18(22,23)24)14(16(27)28)10-2-4-12(5-3-10)29-9-17(19,20)21/h2-8H,9H2. The van der Waals surface area contributed by atoms with Crippen molar-refractivity contribution in [1.82, 2.24) is 9.38 Å². The molecule has 2 aromatic heterocycles. The summed E-state index contributed by atoms with van der Waals surface area (Å²) >= 11 is 0. The second-order valence-electron chi connectivity index (χ2n) is 5.79. The number of fused-ring (bicyclic) bond motifs is 1. The Hall–Kier alpha value is -3.55. The first kappa shape index (κ1) is 20.2. The molecule has 0 spiro atoms. The van der Waals surface area contributed by atoms with Crippen molar-refractivity contribution in [2.24, 2.45) is 0 Å². The summed E-state index contributed by atoms with van der Waals surface area (Å²) in [4.78, 5) is 19.3. The highest BCUT2D eigenvalue weighted by molar-refractivity contribution is 5.69. The molecule has 0 saturated carbocycles. The van der Waals surface area contributed by atoms with Gasteiger partial charge in [0.15, 0.2) is 18.0 Å². The van der Waals surface area contributed by atoms with Crippen LogP contribution in [0.3, 0.4) is 0 Å². The van der Waals surface area contributed by atoms with Crippen LogP contribution < -0.4 is 10.3 Å². The Morgan fingerprint density at radius 1 is 1.07 bits per heavy atom. The molecule has 150 valence electrons. The van der Waals surface area contributed by atoms with Crippen molar-refractivity contribution in [1.29, 1.82) is 0 Å². The van der Waals surface area contributed by atoms with Crippen molar-refractivity contribution in [2.75, 3.05) is 6.61 Å². The minimum absolute atomic E-state index is 0.00365. The first-order valence-corrected chi connectivity index (χ1v) is 7.80. The fourth-order valence-electron chi connectivity index (χ4n) is 2.55. The highest BCUT2D eigenvalue weighted by Crippen LogP contribution is 2.35. The van der Waals surface area contributed by atoms with Crippen molar-refractivity contribution < 1.29 is 31.1 Å². The number of alkyl halides is 6. The third kappa shape index (κ3) is 4.31. The predicted octanol–water partition coefficient (Wildman–Crippen LogP) is 4.87. The molecule has 3 aromatic rings. The average Bonchev–Trinajstić information content (AvgIpc) is 2.65. The minimum atomic E-state index is -4.98. The van der Waals surface area contributed by atoms with E-state index < -0.39 is 35.8 Å². The van der Waals surface area contributed by atoms with Crippen LogP contribution in [0.2, 0.25) is 0 Å². The van der Waals surface area contributed by atoms with Gasteiger partial charge in [0.1, 0.15) is 11.4 Å². The van der Waals surface area contributed by atoms with Gasteiger partial charge in [0.25, 0.3) is 5.56 Å². The second kappa shape index (κ2) is 7.12. The van der Waals surface area contributed by atoms with E-state index in [-0.39, 0.29) is 22.6 Å². The maximum absolute atomic E-state index is 13.5. The Morgan fingerprint density at radius 3 is 2.28 bits per heavy atom. The van der Waals surface area contributed by atoms with Gasteiger partial charge in [-0.1, -0.05) is 12.1 Å². The molecule has 1 aromatic carbocycles. The van der Waals surface area contributed by atoms with Crippen molar-refractivity contribution in [3.63, 3.8) is 0 Å². The molecule has 0 aliphatic heterocycles. The second-order valence-corrected chi connectivity index (χ2v) is 5.79. The van der Waals surface area contributed by atoms with E-state index >= 15 is 0 Å². The molecule has 5 nitrogen and oxygen atoms in total. The Balaban J connectivity index is 2.14. The Labute approximate surface area is 158 Å². The van der Waals surface area contributed by atoms with Gasteiger partial charge in [-0.25, -0.2) is 9.83 Å². The largest absolute Gasteiger partial charge is 0.484 e. The summed E-state index contributed by atoms with van der Waals surface area (Å²) in [5.41, 5.74) is -3.82. The summed E-state index contributed by atoms with van der Waals surface area (Å²) < 4.78 is 82.6. The quantitative estimate of drug-likeness (QED) is 0.455. The van der Waals surface area contributed by atoms with Gasteiger partial charge in [-0.05, 0) is 29.8 Å². The number of rotatable bonds is 3. The normalized spacial score (nSPS) is 12.0. The van der Waals surface area contributed by atoms with E-state index in [4.69, 9.17) is 6.57 Å². The minimum Gasteiger partial charge on any atom is -0.484 e. The number of benzene rings is 1. The van der Waals surface area contributed by atoms with Gasteiger partial charge in [0.05, 0.1) is 12.1 Å². The van der Waals surface area contributed by atoms with Gasteiger partial charge in [-0.2, -0.15) is 26.3 Å². The molecule has 0 bridgehead atoms. The van der Waals surface area contributed by atoms with Crippen LogP contribution in [0, 0.1) is 6.57 Å². The lowest BCUT2D eigenvalue weighted by atomic mass is 10.0. The number of ether oxygens (including phenoxy) is 1. The number of hydrogen-bond donors (Lipinski definition) is 0. The van der Waals surface area contributed by atoms with Crippen LogP contribution in [-0.4, -0.2) is 22.2 Å². The fourth-order valence-corrected chi connectivity index (χ4v) is 2.55. The molecular weight excluding hydrogens is 404 g/mol. The van der Waals surface area contributed by atoms with E-state index in [0.29, 0.717) is 0 Å². The molecule has 0 aliphatic rings. The van der Waals surface area contributed by atoms with E-state index in [1.807, 2.05) is 0 Å². The van der Waals surface area contributed by atoms with Crippen LogP contribution in [0.1, 0.15) is 5.69 Å². The SMILES string of the molecule is [C-]#[N+]c1ccn2c(=O)c(-c3ccc(OCC(F)(F)F)cc3)c(C(F)(F)F)nc2c1. The summed E-state index contributed by atoms with van der Waals surface area (Å²) in [5, 5.41) is 0. The first-order valence-electron chi connectivity index (χ1n) is 7.80. The summed E-state index contributed by atoms with van der Waals surface area (Å²) in [7, 11) is 0. The predicted molar refractivity (Wildman–Crippen MR) is 89.7 cm³/mol. The third-order valence-corrected chi connectivity index (χ3v) is 3.76. The summed E-state index contributed by atoms with van der Waals surface area (Å²) in [6, 6.07) is 6.42. The van der Waals surface area contributed by atoms with Crippen LogP contribution in [-0.2, 0) is 6.18 Å². The lowest BCUT2D eigenvalue weighted by Gasteiger charge is -2.14. The zero-order chi connectivity index (χ0) is 21.4. The highest BCUT2D eigenvalue weighted by Gasteiger charge is 2.38. The van der Waals surface area contributed by atoms with E-state index in [1.165, 1.54) is 6.07 Å². The van der Waals surface area contributed by atoms with Crippen LogP contribution in [0.4, 0.5) is 32.0 Å². The summed E-state index contributed by atoms with van der Waals surface area (Å²) in [6.45, 7) is 5.36. The molecule has 0 N–H and O–H groups in total. The molecule has 0 saturated heterocycles. The van der Waals surface area contributed by atoms with Crippen LogP contribution >= 0.6 is 0 Å². The van der Waals surface area contributed by atoms with E-state index in [2.05, 4.69) is 14.6 Å². The molecule has 0 unspecified atom stereocenters. The number of hydrogen-bond acceptors (Lipinski definition) is 3. The molecule has 3 rings (SSSR count). The molecular formula is C18H9F6N3O2. The maximum atomic E-state index is 13.5. The summed E-state index contributed by atoms with van der Waals surface area (Å²) in [6.07, 6.45) is -8.43. The van der Waals surface area contributed by atoms with Crippen molar-refractivity contribution in [3.8, 4) is 16.9 Å². The number of pyridine rings is 1. The van der Waals surface area contributed by atoms with Crippen LogP contribution in [0.5, 0.6) is 5.75 Å². The third-order valence-electron chi connectivity index (χ3n) is 3.76. The van der Waals surface area contributed by atoms with Gasteiger partial charge >= 0.3 is 12.4 Å².